The molecule has 1 aliphatic heterocycles. The van der Waals surface area contributed by atoms with Gasteiger partial charge < -0.3 is 4.98 Å². The van der Waals surface area contributed by atoms with Gasteiger partial charge in [-0.05, 0) is 40.9 Å². The Morgan fingerprint density at radius 2 is 2.00 bits per heavy atom. The smallest absolute Gasteiger partial charge is 0.256 e. The molecule has 0 radical (unpaired) electrons. The third kappa shape index (κ3) is 3.53. The second-order valence-electron chi connectivity index (χ2n) is 7.69. The van der Waals surface area contributed by atoms with Gasteiger partial charge in [0, 0.05) is 37.3 Å². The maximum atomic E-state index is 12.4. The van der Waals surface area contributed by atoms with Crippen LogP contribution in [-0.4, -0.2) is 37.4 Å². The molecule has 0 aliphatic carbocycles. The Morgan fingerprint density at radius 1 is 1.28 bits per heavy atom. The van der Waals surface area contributed by atoms with Crippen LogP contribution in [0.4, 0.5) is 0 Å². The van der Waals surface area contributed by atoms with Crippen molar-refractivity contribution in [2.24, 2.45) is 0 Å². The fraction of sp³-hybridized carbons (Fsp3) is 0.611. The van der Waals surface area contributed by atoms with E-state index in [1.807, 2.05) is 6.26 Å². The highest BCUT2D eigenvalue weighted by molar-refractivity contribution is 7.98. The van der Waals surface area contributed by atoms with Crippen LogP contribution in [0.1, 0.15) is 49.0 Å². The first-order valence-electron chi connectivity index (χ1n) is 8.64. The third-order valence-corrected chi connectivity index (χ3v) is 5.36. The fourth-order valence-electron chi connectivity index (χ4n) is 3.47. The topological polar surface area (TPSA) is 66.8 Å². The van der Waals surface area contributed by atoms with E-state index in [1.165, 1.54) is 23.0 Å². The minimum atomic E-state index is -0.0309. The highest BCUT2D eigenvalue weighted by atomic mass is 32.2. The highest BCUT2D eigenvalue weighted by Gasteiger charge is 2.25. The summed E-state index contributed by atoms with van der Waals surface area (Å²) in [6.45, 7) is 13.1. The summed E-state index contributed by atoms with van der Waals surface area (Å²) in [4.78, 5) is 22.1. The van der Waals surface area contributed by atoms with Gasteiger partial charge in [0.25, 0.3) is 5.56 Å². The number of thioether (sulfide) groups is 1. The molecule has 0 amide bonds. The summed E-state index contributed by atoms with van der Waals surface area (Å²) in [5.41, 5.74) is 5.27. The maximum absolute atomic E-state index is 12.4. The molecular formula is C18H27N5OS. The number of nitrogens with zero attached hydrogens (tertiary/aromatic N) is 4. The van der Waals surface area contributed by atoms with Crippen LogP contribution in [0.15, 0.2) is 9.95 Å². The van der Waals surface area contributed by atoms with Gasteiger partial charge in [0.15, 0.2) is 5.16 Å². The Morgan fingerprint density at radius 3 is 2.60 bits per heavy atom. The maximum Gasteiger partial charge on any atom is 0.256 e. The number of hydrogen-bond donors (Lipinski definition) is 1. The SMILES string of the molecule is CSc1nc2c(c(=O)[nH]1)CN(Cc1c(C)nn(C(C)(C)C)c1C)CC2. The van der Waals surface area contributed by atoms with Crippen molar-refractivity contribution in [2.45, 2.75) is 64.8 Å². The summed E-state index contributed by atoms with van der Waals surface area (Å²) in [5, 5.41) is 5.44. The minimum absolute atomic E-state index is 0.00196. The minimum Gasteiger partial charge on any atom is -0.301 e. The molecule has 3 rings (SSSR count). The fourth-order valence-corrected chi connectivity index (χ4v) is 3.87. The molecule has 0 fully saturated rings. The normalized spacial score (nSPS) is 15.4. The Hall–Kier alpha value is -1.60. The van der Waals surface area contributed by atoms with Gasteiger partial charge in [-0.25, -0.2) is 4.98 Å². The molecule has 1 N–H and O–H groups in total. The molecule has 0 bridgehead atoms. The number of aryl methyl sites for hydroxylation is 1. The summed E-state index contributed by atoms with van der Waals surface area (Å²) < 4.78 is 2.11. The van der Waals surface area contributed by atoms with Crippen LogP contribution >= 0.6 is 11.8 Å². The van der Waals surface area contributed by atoms with Gasteiger partial charge in [0.05, 0.1) is 22.5 Å². The zero-order chi connectivity index (χ0) is 18.4. The predicted molar refractivity (Wildman–Crippen MR) is 101 cm³/mol. The summed E-state index contributed by atoms with van der Waals surface area (Å²) >= 11 is 1.48. The molecule has 0 saturated heterocycles. The molecule has 25 heavy (non-hydrogen) atoms. The molecule has 2 aromatic rings. The zero-order valence-corrected chi connectivity index (χ0v) is 16.8. The average Bonchev–Trinajstić information content (AvgIpc) is 2.83. The lowest BCUT2D eigenvalue weighted by atomic mass is 10.1. The lowest BCUT2D eigenvalue weighted by molar-refractivity contribution is 0.239. The first kappa shape index (κ1) is 18.2. The van der Waals surface area contributed by atoms with Crippen molar-refractivity contribution < 1.29 is 0 Å². The number of H-pyrrole nitrogens is 1. The number of aromatic nitrogens is 4. The number of nitrogens with one attached hydrogen (secondary N) is 1. The molecule has 7 heteroatoms. The van der Waals surface area contributed by atoms with Crippen molar-refractivity contribution >= 4 is 11.8 Å². The van der Waals surface area contributed by atoms with E-state index >= 15 is 0 Å². The van der Waals surface area contributed by atoms with Crippen molar-refractivity contribution in [2.75, 3.05) is 12.8 Å². The van der Waals surface area contributed by atoms with Crippen LogP contribution in [0.3, 0.4) is 0 Å². The van der Waals surface area contributed by atoms with Crippen LogP contribution in [-0.2, 0) is 25.0 Å². The number of rotatable bonds is 3. The van der Waals surface area contributed by atoms with Crippen LogP contribution < -0.4 is 5.56 Å². The Balaban J connectivity index is 1.85. The molecule has 136 valence electrons. The molecule has 3 heterocycles. The Labute approximate surface area is 153 Å². The summed E-state index contributed by atoms with van der Waals surface area (Å²) in [6.07, 6.45) is 2.75. The first-order chi connectivity index (χ1) is 11.7. The second-order valence-corrected chi connectivity index (χ2v) is 8.49. The van der Waals surface area contributed by atoms with E-state index in [0.717, 1.165) is 36.5 Å². The lowest BCUT2D eigenvalue weighted by Gasteiger charge is -2.28. The zero-order valence-electron chi connectivity index (χ0n) is 15.9. The Bertz CT molecular complexity index is 846. The molecule has 0 atom stereocenters. The van der Waals surface area contributed by atoms with Gasteiger partial charge in [0.1, 0.15) is 0 Å². The van der Waals surface area contributed by atoms with Crippen molar-refractivity contribution in [3.8, 4) is 0 Å². The van der Waals surface area contributed by atoms with Crippen molar-refractivity contribution in [3.05, 3.63) is 38.6 Å². The van der Waals surface area contributed by atoms with Crippen LogP contribution in [0.5, 0.6) is 0 Å². The monoisotopic (exact) mass is 361 g/mol. The van der Waals surface area contributed by atoms with E-state index in [1.54, 1.807) is 0 Å². The van der Waals surface area contributed by atoms with Gasteiger partial charge in [-0.3, -0.25) is 14.4 Å². The van der Waals surface area contributed by atoms with Crippen molar-refractivity contribution in [1.29, 1.82) is 0 Å². The quantitative estimate of drug-likeness (QED) is 0.672. The summed E-state index contributed by atoms with van der Waals surface area (Å²) in [7, 11) is 0. The van der Waals surface area contributed by atoms with E-state index < -0.39 is 0 Å². The number of aromatic amines is 1. The lowest BCUT2D eigenvalue weighted by Crippen LogP contribution is -2.35. The van der Waals surface area contributed by atoms with E-state index in [0.29, 0.717) is 11.7 Å². The van der Waals surface area contributed by atoms with E-state index in [4.69, 9.17) is 5.10 Å². The number of hydrogen-bond acceptors (Lipinski definition) is 5. The molecule has 0 spiro atoms. The third-order valence-electron chi connectivity index (χ3n) is 4.78. The molecule has 1 aliphatic rings. The highest BCUT2D eigenvalue weighted by Crippen LogP contribution is 2.24. The molecular weight excluding hydrogens is 334 g/mol. The van der Waals surface area contributed by atoms with Gasteiger partial charge >= 0.3 is 0 Å². The standard InChI is InChI=1S/C18H27N5OS/c1-11-13(12(2)23(21-11)18(3,4)5)9-22-8-7-15-14(10-22)16(24)20-17(19-15)25-6/h7-10H2,1-6H3,(H,19,20,24). The predicted octanol–water partition coefficient (Wildman–Crippen LogP) is 2.62. The average molecular weight is 362 g/mol. The molecule has 0 unspecified atom stereocenters. The van der Waals surface area contributed by atoms with Gasteiger partial charge in [-0.1, -0.05) is 11.8 Å². The van der Waals surface area contributed by atoms with Gasteiger partial charge in [0.2, 0.25) is 0 Å². The Kier molecular flexibility index (Phi) is 4.81. The second kappa shape index (κ2) is 6.61. The van der Waals surface area contributed by atoms with Gasteiger partial charge in [-0.15, -0.1) is 0 Å². The van der Waals surface area contributed by atoms with Crippen molar-refractivity contribution in [1.82, 2.24) is 24.6 Å². The number of fused-ring (bicyclic) bond motifs is 1. The molecule has 2 aromatic heterocycles. The summed E-state index contributed by atoms with van der Waals surface area (Å²) in [5.74, 6) is 0. The molecule has 0 aromatic carbocycles. The van der Waals surface area contributed by atoms with Crippen LogP contribution in [0, 0.1) is 13.8 Å². The largest absolute Gasteiger partial charge is 0.301 e. The van der Waals surface area contributed by atoms with E-state index in [9.17, 15) is 4.79 Å². The molecule has 6 nitrogen and oxygen atoms in total. The van der Waals surface area contributed by atoms with E-state index in [2.05, 4.69) is 54.2 Å². The molecule has 0 saturated carbocycles. The first-order valence-corrected chi connectivity index (χ1v) is 9.87. The van der Waals surface area contributed by atoms with Gasteiger partial charge in [-0.2, -0.15) is 5.10 Å². The van der Waals surface area contributed by atoms with Crippen molar-refractivity contribution in [3.63, 3.8) is 0 Å². The van der Waals surface area contributed by atoms with E-state index in [-0.39, 0.29) is 11.1 Å². The van der Waals surface area contributed by atoms with Crippen LogP contribution in [0.2, 0.25) is 0 Å². The summed E-state index contributed by atoms with van der Waals surface area (Å²) in [6, 6.07) is 0. The van der Waals surface area contributed by atoms with Crippen LogP contribution in [0.25, 0.3) is 0 Å².